The topological polar surface area (TPSA) is 60.3 Å². The number of benzene rings is 1. The minimum absolute atomic E-state index is 0.233. The van der Waals surface area contributed by atoms with Crippen LogP contribution in [-0.4, -0.2) is 23.1 Å². The maximum Gasteiger partial charge on any atom is 0.355 e. The van der Waals surface area contributed by atoms with Gasteiger partial charge in [0, 0.05) is 23.8 Å². The van der Waals surface area contributed by atoms with Crippen LogP contribution in [0.4, 0.5) is 0 Å². The number of hydrogen-bond acceptors (Lipinski definition) is 3. The molecule has 5 nitrogen and oxygen atoms in total. The molecular weight excluding hydrogens is 352 g/mol. The van der Waals surface area contributed by atoms with Crippen molar-refractivity contribution in [2.24, 2.45) is 0 Å². The molecule has 0 bridgehead atoms. The van der Waals surface area contributed by atoms with Crippen LogP contribution in [-0.2, 0) is 17.8 Å². The van der Waals surface area contributed by atoms with Crippen molar-refractivity contribution in [2.75, 3.05) is 6.61 Å². The van der Waals surface area contributed by atoms with Crippen molar-refractivity contribution < 1.29 is 14.3 Å². The highest BCUT2D eigenvalue weighted by Crippen LogP contribution is 2.23. The second kappa shape index (κ2) is 8.72. The lowest BCUT2D eigenvalue weighted by Gasteiger charge is -2.09. The van der Waals surface area contributed by atoms with Crippen molar-refractivity contribution in [1.29, 1.82) is 0 Å². The molecule has 1 N–H and O–H groups in total. The van der Waals surface area contributed by atoms with Gasteiger partial charge in [0.2, 0.25) is 0 Å². The van der Waals surface area contributed by atoms with Crippen LogP contribution in [0.25, 0.3) is 0 Å². The minimum Gasteiger partial charge on any atom is -0.461 e. The monoisotopic (exact) mass is 374 g/mol. The van der Waals surface area contributed by atoms with E-state index >= 15 is 0 Å². The van der Waals surface area contributed by atoms with Crippen molar-refractivity contribution in [3.63, 3.8) is 0 Å². The fourth-order valence-electron chi connectivity index (χ4n) is 2.92. The number of amides is 1. The number of halogens is 1. The number of rotatable bonds is 7. The zero-order chi connectivity index (χ0) is 19.3. The average Bonchev–Trinajstić information content (AvgIpc) is 2.85. The standard InChI is InChI=1S/C20H23ClN2O3/c1-5-11-23-14(4)17(13(3)18(23)20(25)26-6-2)19(24)22-12-15-7-9-16(21)10-8-15/h5,7-10H,1,6,11-12H2,2-4H3,(H,22,24). The van der Waals surface area contributed by atoms with E-state index in [9.17, 15) is 9.59 Å². The third-order valence-corrected chi connectivity index (χ3v) is 4.39. The number of nitrogens with one attached hydrogen (secondary N) is 1. The number of nitrogens with zero attached hydrogens (tertiary/aromatic N) is 1. The van der Waals surface area contributed by atoms with E-state index in [4.69, 9.17) is 16.3 Å². The van der Waals surface area contributed by atoms with Gasteiger partial charge in [0.15, 0.2) is 0 Å². The van der Waals surface area contributed by atoms with E-state index in [1.54, 1.807) is 36.6 Å². The first-order chi connectivity index (χ1) is 12.4. The zero-order valence-corrected chi connectivity index (χ0v) is 16.0. The molecule has 1 heterocycles. The maximum absolute atomic E-state index is 12.7. The van der Waals surface area contributed by atoms with Crippen molar-refractivity contribution in [2.45, 2.75) is 33.9 Å². The van der Waals surface area contributed by atoms with Crippen LogP contribution in [0.1, 0.15) is 44.6 Å². The van der Waals surface area contributed by atoms with E-state index < -0.39 is 5.97 Å². The minimum atomic E-state index is -0.438. The lowest BCUT2D eigenvalue weighted by atomic mass is 10.1. The van der Waals surface area contributed by atoms with Crippen LogP contribution in [0.3, 0.4) is 0 Å². The molecule has 0 atom stereocenters. The summed E-state index contributed by atoms with van der Waals surface area (Å²) in [5.74, 6) is -0.671. The summed E-state index contributed by atoms with van der Waals surface area (Å²) in [6.07, 6.45) is 1.69. The third kappa shape index (κ3) is 4.17. The summed E-state index contributed by atoms with van der Waals surface area (Å²) in [5.41, 5.74) is 3.13. The van der Waals surface area contributed by atoms with Crippen LogP contribution in [0.5, 0.6) is 0 Å². The van der Waals surface area contributed by atoms with Gasteiger partial charge in [0.1, 0.15) is 5.69 Å². The van der Waals surface area contributed by atoms with Crippen molar-refractivity contribution >= 4 is 23.5 Å². The van der Waals surface area contributed by atoms with E-state index in [2.05, 4.69) is 11.9 Å². The molecule has 1 aromatic heterocycles. The first-order valence-corrected chi connectivity index (χ1v) is 8.78. The molecule has 0 unspecified atom stereocenters. The third-order valence-electron chi connectivity index (χ3n) is 4.14. The van der Waals surface area contributed by atoms with Crippen LogP contribution < -0.4 is 5.32 Å². The first-order valence-electron chi connectivity index (χ1n) is 8.41. The molecule has 2 aromatic rings. The zero-order valence-electron chi connectivity index (χ0n) is 15.3. The molecule has 6 heteroatoms. The van der Waals surface area contributed by atoms with Gasteiger partial charge in [-0.05, 0) is 44.0 Å². The van der Waals surface area contributed by atoms with E-state index in [1.807, 2.05) is 19.1 Å². The summed E-state index contributed by atoms with van der Waals surface area (Å²) in [7, 11) is 0. The fourth-order valence-corrected chi connectivity index (χ4v) is 3.05. The van der Waals surface area contributed by atoms with E-state index in [0.29, 0.717) is 40.6 Å². The second-order valence-electron chi connectivity index (χ2n) is 5.86. The Hall–Kier alpha value is -2.53. The molecule has 0 aliphatic rings. The molecule has 0 aliphatic carbocycles. The summed E-state index contributed by atoms with van der Waals surface area (Å²) in [5, 5.41) is 3.54. The highest BCUT2D eigenvalue weighted by molar-refractivity contribution is 6.30. The largest absolute Gasteiger partial charge is 0.461 e. The van der Waals surface area contributed by atoms with Gasteiger partial charge < -0.3 is 14.6 Å². The second-order valence-corrected chi connectivity index (χ2v) is 6.30. The number of aromatic nitrogens is 1. The summed E-state index contributed by atoms with van der Waals surface area (Å²) >= 11 is 5.88. The molecule has 2 rings (SSSR count). The first kappa shape index (κ1) is 19.8. The quantitative estimate of drug-likeness (QED) is 0.587. The highest BCUT2D eigenvalue weighted by Gasteiger charge is 2.26. The Balaban J connectivity index is 2.30. The number of ether oxygens (including phenoxy) is 1. The molecule has 26 heavy (non-hydrogen) atoms. The Bertz CT molecular complexity index is 823. The summed E-state index contributed by atoms with van der Waals surface area (Å²) in [4.78, 5) is 25.1. The average molecular weight is 375 g/mol. The normalized spacial score (nSPS) is 10.5. The lowest BCUT2D eigenvalue weighted by Crippen LogP contribution is -2.24. The van der Waals surface area contributed by atoms with E-state index in [0.717, 1.165) is 5.56 Å². The summed E-state index contributed by atoms with van der Waals surface area (Å²) in [6, 6.07) is 7.27. The molecule has 0 radical (unpaired) electrons. The lowest BCUT2D eigenvalue weighted by molar-refractivity contribution is 0.0513. The van der Waals surface area contributed by atoms with Crippen LogP contribution in [0.15, 0.2) is 36.9 Å². The number of hydrogen-bond donors (Lipinski definition) is 1. The smallest absolute Gasteiger partial charge is 0.355 e. The Morgan fingerprint density at radius 3 is 2.50 bits per heavy atom. The predicted molar refractivity (Wildman–Crippen MR) is 103 cm³/mol. The molecular formula is C20H23ClN2O3. The van der Waals surface area contributed by atoms with Crippen molar-refractivity contribution in [1.82, 2.24) is 9.88 Å². The molecule has 138 valence electrons. The van der Waals surface area contributed by atoms with Gasteiger partial charge in [-0.2, -0.15) is 0 Å². The molecule has 0 saturated heterocycles. The van der Waals surface area contributed by atoms with Crippen LogP contribution in [0.2, 0.25) is 5.02 Å². The molecule has 1 aromatic carbocycles. The van der Waals surface area contributed by atoms with Gasteiger partial charge in [0.05, 0.1) is 12.2 Å². The summed E-state index contributed by atoms with van der Waals surface area (Å²) in [6.45, 7) is 10.1. The Kier molecular flexibility index (Phi) is 6.64. The summed E-state index contributed by atoms with van der Waals surface area (Å²) < 4.78 is 6.91. The van der Waals surface area contributed by atoms with Crippen LogP contribution in [0, 0.1) is 13.8 Å². The van der Waals surface area contributed by atoms with Gasteiger partial charge >= 0.3 is 5.97 Å². The molecule has 0 fully saturated rings. The van der Waals surface area contributed by atoms with Gasteiger partial charge in [-0.15, -0.1) is 6.58 Å². The van der Waals surface area contributed by atoms with Crippen molar-refractivity contribution in [3.8, 4) is 0 Å². The van der Waals surface area contributed by atoms with E-state index in [1.165, 1.54) is 0 Å². The Labute approximate surface area is 158 Å². The number of carbonyl (C=O) groups excluding carboxylic acids is 2. The number of carbonyl (C=O) groups is 2. The number of esters is 1. The molecule has 0 spiro atoms. The number of allylic oxidation sites excluding steroid dienone is 1. The Morgan fingerprint density at radius 1 is 1.27 bits per heavy atom. The van der Waals surface area contributed by atoms with Gasteiger partial charge in [-0.25, -0.2) is 4.79 Å². The van der Waals surface area contributed by atoms with Crippen LogP contribution >= 0.6 is 11.6 Å². The van der Waals surface area contributed by atoms with E-state index in [-0.39, 0.29) is 12.5 Å². The van der Waals surface area contributed by atoms with Gasteiger partial charge in [0.25, 0.3) is 5.91 Å². The molecule has 0 aliphatic heterocycles. The Morgan fingerprint density at radius 2 is 1.92 bits per heavy atom. The SMILES string of the molecule is C=CCn1c(C)c(C(=O)NCc2ccc(Cl)cc2)c(C)c1C(=O)OCC. The highest BCUT2D eigenvalue weighted by atomic mass is 35.5. The predicted octanol–water partition coefficient (Wildman–Crippen LogP) is 4.05. The maximum atomic E-state index is 12.7. The molecule has 0 saturated carbocycles. The van der Waals surface area contributed by atoms with Crippen molar-refractivity contribution in [3.05, 3.63) is 70.0 Å². The van der Waals surface area contributed by atoms with Gasteiger partial charge in [-0.1, -0.05) is 29.8 Å². The van der Waals surface area contributed by atoms with Gasteiger partial charge in [-0.3, -0.25) is 4.79 Å². The fraction of sp³-hybridized carbons (Fsp3) is 0.300. The molecule has 1 amide bonds.